The molecule has 2 aliphatic rings. The Kier molecular flexibility index (Phi) is 9.54. The summed E-state index contributed by atoms with van der Waals surface area (Å²) in [6, 6.07) is 18.0. The number of ether oxygens (including phenoxy) is 1. The van der Waals surface area contributed by atoms with Crippen LogP contribution in [-0.4, -0.2) is 72.1 Å². The van der Waals surface area contributed by atoms with Crippen LogP contribution in [0.4, 0.5) is 0 Å². The lowest BCUT2D eigenvalue weighted by molar-refractivity contribution is -0.140. The van der Waals surface area contributed by atoms with Crippen molar-refractivity contribution in [3.05, 3.63) is 83.1 Å². The molecule has 0 atom stereocenters. The number of rotatable bonds is 10. The molecule has 3 aromatic rings. The van der Waals surface area contributed by atoms with Crippen molar-refractivity contribution in [3.8, 4) is 23.0 Å². The van der Waals surface area contributed by atoms with Crippen LogP contribution >= 0.6 is 0 Å². The van der Waals surface area contributed by atoms with Crippen molar-refractivity contribution in [1.82, 2.24) is 19.0 Å². The number of nitriles is 1. The highest BCUT2D eigenvalue weighted by Crippen LogP contribution is 2.32. The van der Waals surface area contributed by atoms with Gasteiger partial charge < -0.3 is 4.74 Å². The summed E-state index contributed by atoms with van der Waals surface area (Å²) in [5.74, 6) is -1.02. The fourth-order valence-corrected chi connectivity index (χ4v) is 6.74. The quantitative estimate of drug-likeness (QED) is 0.184. The molecule has 0 radical (unpaired) electrons. The third kappa shape index (κ3) is 6.28. The fraction of sp³-hybridized carbons (Fsp3) is 0.333. The van der Waals surface area contributed by atoms with Gasteiger partial charge in [0.15, 0.2) is 0 Å². The Morgan fingerprint density at radius 2 is 1.68 bits per heavy atom. The minimum atomic E-state index is -3.68. The molecule has 2 aliphatic heterocycles. The third-order valence-electron chi connectivity index (χ3n) is 7.86. The summed E-state index contributed by atoms with van der Waals surface area (Å²) in [6.45, 7) is 5.24. The van der Waals surface area contributed by atoms with E-state index in [4.69, 9.17) is 9.84 Å². The molecule has 5 rings (SSSR count). The second kappa shape index (κ2) is 13.5. The summed E-state index contributed by atoms with van der Waals surface area (Å²) < 4.78 is 34.8. The number of amides is 2. The fourth-order valence-electron chi connectivity index (χ4n) is 5.34. The molecule has 44 heavy (non-hydrogen) atoms. The molecule has 1 saturated heterocycles. The zero-order chi connectivity index (χ0) is 31.3. The summed E-state index contributed by atoms with van der Waals surface area (Å²) in [4.78, 5) is 28.1. The highest BCUT2D eigenvalue weighted by atomic mass is 32.2. The van der Waals surface area contributed by atoms with Gasteiger partial charge in [-0.15, -0.1) is 0 Å². The van der Waals surface area contributed by atoms with Crippen LogP contribution in [0.15, 0.2) is 82.4 Å². The largest absolute Gasteiger partial charge is 0.379 e. The third-order valence-corrected chi connectivity index (χ3v) is 9.77. The van der Waals surface area contributed by atoms with Crippen LogP contribution in [-0.2, 0) is 24.3 Å². The minimum absolute atomic E-state index is 0.0546. The van der Waals surface area contributed by atoms with Gasteiger partial charge in [0.1, 0.15) is 11.6 Å². The Morgan fingerprint density at radius 1 is 0.977 bits per heavy atom. The summed E-state index contributed by atoms with van der Waals surface area (Å²) in [6.07, 6.45) is 7.00. The number of benzene rings is 2. The Morgan fingerprint density at radius 3 is 2.34 bits per heavy atom. The standard InChI is InChI=1S/C33H35N5O5S/c1-3-4-5-9-16-37-32(39)29(24(2)30(22-34)33(37)40)21-26-23-38(27-10-7-6-8-11-27)35-31(26)25-12-14-28(15-13-25)44(41,42)36-17-19-43-20-18-36/h6-8,10-15,21,23H,3-5,9,16-20H2,1-2H3/b29-21+. The van der Waals surface area contributed by atoms with Crippen LogP contribution in [0.3, 0.4) is 0 Å². The van der Waals surface area contributed by atoms with Crippen LogP contribution in [0.2, 0.25) is 0 Å². The van der Waals surface area contributed by atoms with E-state index < -0.39 is 21.8 Å². The first-order chi connectivity index (χ1) is 21.3. The zero-order valence-electron chi connectivity index (χ0n) is 24.9. The van der Waals surface area contributed by atoms with E-state index in [9.17, 15) is 23.3 Å². The molecule has 2 amide bonds. The minimum Gasteiger partial charge on any atom is -0.379 e. The van der Waals surface area contributed by atoms with Gasteiger partial charge in [-0.05, 0) is 49.3 Å². The summed E-state index contributed by atoms with van der Waals surface area (Å²) >= 11 is 0. The van der Waals surface area contributed by atoms with Gasteiger partial charge in [0.2, 0.25) is 10.0 Å². The van der Waals surface area contributed by atoms with Crippen LogP contribution in [0.1, 0.15) is 45.1 Å². The van der Waals surface area contributed by atoms with Crippen molar-refractivity contribution in [3.63, 3.8) is 0 Å². The van der Waals surface area contributed by atoms with Crippen LogP contribution in [0.5, 0.6) is 0 Å². The molecular formula is C33H35N5O5S. The molecule has 3 heterocycles. The van der Waals surface area contributed by atoms with E-state index in [0.717, 1.165) is 24.9 Å². The maximum atomic E-state index is 13.7. The van der Waals surface area contributed by atoms with E-state index in [-0.39, 0.29) is 22.6 Å². The molecule has 0 spiro atoms. The molecule has 228 valence electrons. The van der Waals surface area contributed by atoms with Crippen molar-refractivity contribution >= 4 is 27.9 Å². The van der Waals surface area contributed by atoms with Gasteiger partial charge in [0.25, 0.3) is 11.8 Å². The number of morpholine rings is 1. The van der Waals surface area contributed by atoms with E-state index in [0.29, 0.717) is 55.1 Å². The van der Waals surface area contributed by atoms with E-state index in [2.05, 4.69) is 6.92 Å². The molecule has 2 aromatic carbocycles. The molecular weight excluding hydrogens is 578 g/mol. The van der Waals surface area contributed by atoms with Gasteiger partial charge >= 0.3 is 0 Å². The number of para-hydroxylation sites is 1. The second-order valence-corrected chi connectivity index (χ2v) is 12.7. The molecule has 0 aliphatic carbocycles. The van der Waals surface area contributed by atoms with Crippen LogP contribution < -0.4 is 0 Å². The molecule has 1 fully saturated rings. The SMILES string of the molecule is CCCCCCN1C(=O)C(C#N)=C(C)/C(=C\c2cn(-c3ccccc3)nc2-c2ccc(S(=O)(=O)N3CCOCC3)cc2)C1=O. The number of carbonyl (C=O) groups is 2. The maximum Gasteiger partial charge on any atom is 0.271 e. The van der Waals surface area contributed by atoms with E-state index in [1.165, 1.54) is 9.21 Å². The summed E-state index contributed by atoms with van der Waals surface area (Å²) in [5, 5.41) is 14.6. The average Bonchev–Trinajstić information content (AvgIpc) is 3.48. The predicted octanol–water partition coefficient (Wildman–Crippen LogP) is 4.73. The number of hydrogen-bond donors (Lipinski definition) is 0. The monoisotopic (exact) mass is 613 g/mol. The first kappa shape index (κ1) is 31.1. The molecule has 11 heteroatoms. The smallest absolute Gasteiger partial charge is 0.271 e. The summed E-state index contributed by atoms with van der Waals surface area (Å²) in [7, 11) is -3.68. The Balaban J connectivity index is 1.57. The van der Waals surface area contributed by atoms with Gasteiger partial charge in [-0.25, -0.2) is 13.1 Å². The number of sulfonamides is 1. The molecule has 0 unspecified atom stereocenters. The lowest BCUT2D eigenvalue weighted by Gasteiger charge is -2.27. The number of hydrogen-bond acceptors (Lipinski definition) is 7. The maximum absolute atomic E-state index is 13.7. The van der Waals surface area contributed by atoms with E-state index >= 15 is 0 Å². The van der Waals surface area contributed by atoms with E-state index in [1.54, 1.807) is 48.1 Å². The number of carbonyl (C=O) groups excluding carboxylic acids is 2. The lowest BCUT2D eigenvalue weighted by atomic mass is 9.93. The zero-order valence-corrected chi connectivity index (χ0v) is 25.7. The van der Waals surface area contributed by atoms with Gasteiger partial charge in [-0.1, -0.05) is 56.5 Å². The Hall–Kier alpha value is -4.37. The topological polar surface area (TPSA) is 126 Å². The predicted molar refractivity (Wildman–Crippen MR) is 166 cm³/mol. The van der Waals surface area contributed by atoms with Crippen molar-refractivity contribution < 1.29 is 22.7 Å². The lowest BCUT2D eigenvalue weighted by Crippen LogP contribution is -2.43. The van der Waals surface area contributed by atoms with Crippen molar-refractivity contribution in [2.24, 2.45) is 0 Å². The molecule has 1 aromatic heterocycles. The van der Waals surface area contributed by atoms with E-state index in [1.807, 2.05) is 36.4 Å². The molecule has 0 N–H and O–H groups in total. The highest BCUT2D eigenvalue weighted by Gasteiger charge is 2.35. The van der Waals surface area contributed by atoms with Crippen LogP contribution in [0, 0.1) is 11.3 Å². The first-order valence-corrected chi connectivity index (χ1v) is 16.2. The van der Waals surface area contributed by atoms with Gasteiger partial charge in [0.05, 0.1) is 29.5 Å². The average molecular weight is 614 g/mol. The van der Waals surface area contributed by atoms with Crippen molar-refractivity contribution in [1.29, 1.82) is 5.26 Å². The first-order valence-electron chi connectivity index (χ1n) is 14.8. The van der Waals surface area contributed by atoms with Crippen molar-refractivity contribution in [2.75, 3.05) is 32.8 Å². The van der Waals surface area contributed by atoms with Gasteiger partial charge in [-0.2, -0.15) is 14.7 Å². The molecule has 0 saturated carbocycles. The normalized spacial score (nSPS) is 17.4. The number of aromatic nitrogens is 2. The number of unbranched alkanes of at least 4 members (excludes halogenated alkanes) is 3. The number of nitrogens with zero attached hydrogens (tertiary/aromatic N) is 5. The number of imide groups is 1. The van der Waals surface area contributed by atoms with Crippen LogP contribution in [0.25, 0.3) is 23.0 Å². The highest BCUT2D eigenvalue weighted by molar-refractivity contribution is 7.89. The van der Waals surface area contributed by atoms with Crippen molar-refractivity contribution in [2.45, 2.75) is 44.4 Å². The van der Waals surface area contributed by atoms with Gasteiger partial charge in [-0.3, -0.25) is 14.5 Å². The molecule has 10 nitrogen and oxygen atoms in total. The second-order valence-electron chi connectivity index (χ2n) is 10.7. The Labute approximate surface area is 257 Å². The Bertz CT molecular complexity index is 1750. The summed E-state index contributed by atoms with van der Waals surface area (Å²) in [5.41, 5.74) is 3.04. The molecule has 0 bridgehead atoms. The van der Waals surface area contributed by atoms with Gasteiger partial charge in [0, 0.05) is 42.5 Å².